The number of nitrogens with zero attached hydrogens (tertiary/aromatic N) is 3. The molecule has 202 valence electrons. The fourth-order valence-electron chi connectivity index (χ4n) is 6.22. The third-order valence-corrected chi connectivity index (χ3v) is 8.50. The molecule has 3 heterocycles. The second-order valence-corrected chi connectivity index (χ2v) is 12.3. The van der Waals surface area contributed by atoms with Gasteiger partial charge in [-0.05, 0) is 46.5 Å². The lowest BCUT2D eigenvalue weighted by atomic mass is 9.70. The molecule has 6 atom stereocenters. The van der Waals surface area contributed by atoms with Crippen molar-refractivity contribution in [3.63, 3.8) is 0 Å². The predicted molar refractivity (Wildman–Crippen MR) is 142 cm³/mol. The first-order valence-electron chi connectivity index (χ1n) is 13.0. The Morgan fingerprint density at radius 3 is 2.44 bits per heavy atom. The van der Waals surface area contributed by atoms with Crippen molar-refractivity contribution in [2.24, 2.45) is 11.8 Å². The normalized spacial score (nSPS) is 30.9. The summed E-state index contributed by atoms with van der Waals surface area (Å²) in [5.74, 6) is -1.89. The smallest absolute Gasteiger partial charge is 0.249 e. The standard InChI is InChI=1S/C27H42BrN3O5/c1-7-12-29(13-8-2)23(33)19-20-24(34)30(15-10-11-16-32)22(27(20)17-18(28)21(19)36-27)25(35)31(14-9-3)26(4,5)6/h7,9,18-22,32H,1,3,8,10-17H2,2,4-6H3/t18?,19-,20-,21-,22?,27?/m0/s1. The molecule has 1 spiro atoms. The summed E-state index contributed by atoms with van der Waals surface area (Å²) >= 11 is 3.73. The number of ether oxygens (including phenoxy) is 1. The molecule has 3 aliphatic heterocycles. The average molecular weight is 569 g/mol. The molecular formula is C27H42BrN3O5. The molecule has 0 radical (unpaired) electrons. The zero-order valence-electron chi connectivity index (χ0n) is 22.1. The van der Waals surface area contributed by atoms with Crippen molar-refractivity contribution in [1.82, 2.24) is 14.7 Å². The molecule has 9 heteroatoms. The molecule has 0 saturated carbocycles. The Kier molecular flexibility index (Phi) is 9.10. The molecule has 3 amide bonds. The van der Waals surface area contributed by atoms with Crippen LogP contribution in [-0.2, 0) is 19.1 Å². The number of unbranched alkanes of at least 4 members (excludes halogenated alkanes) is 1. The fourth-order valence-corrected chi connectivity index (χ4v) is 7.17. The van der Waals surface area contributed by atoms with E-state index in [1.807, 2.05) is 27.7 Å². The van der Waals surface area contributed by atoms with Gasteiger partial charge in [0.25, 0.3) is 0 Å². The van der Waals surface area contributed by atoms with Crippen LogP contribution in [0.2, 0.25) is 0 Å². The molecule has 36 heavy (non-hydrogen) atoms. The Morgan fingerprint density at radius 2 is 1.89 bits per heavy atom. The Morgan fingerprint density at radius 1 is 1.22 bits per heavy atom. The van der Waals surface area contributed by atoms with Crippen LogP contribution < -0.4 is 0 Å². The van der Waals surface area contributed by atoms with Gasteiger partial charge in [-0.15, -0.1) is 13.2 Å². The number of amides is 3. The molecule has 0 aromatic rings. The Balaban J connectivity index is 2.08. The summed E-state index contributed by atoms with van der Waals surface area (Å²) in [5, 5.41) is 9.34. The lowest BCUT2D eigenvalue weighted by molar-refractivity contribution is -0.151. The largest absolute Gasteiger partial charge is 0.396 e. The van der Waals surface area contributed by atoms with Crippen LogP contribution in [-0.4, -0.2) is 98.4 Å². The van der Waals surface area contributed by atoms with E-state index in [2.05, 4.69) is 29.1 Å². The van der Waals surface area contributed by atoms with Gasteiger partial charge in [-0.25, -0.2) is 0 Å². The summed E-state index contributed by atoms with van der Waals surface area (Å²) in [7, 11) is 0. The highest BCUT2D eigenvalue weighted by Gasteiger charge is 2.77. The van der Waals surface area contributed by atoms with Crippen molar-refractivity contribution in [1.29, 1.82) is 0 Å². The molecule has 3 aliphatic rings. The first-order valence-corrected chi connectivity index (χ1v) is 14.0. The van der Waals surface area contributed by atoms with Crippen LogP contribution in [0.3, 0.4) is 0 Å². The van der Waals surface area contributed by atoms with Gasteiger partial charge in [0.15, 0.2) is 0 Å². The fraction of sp³-hybridized carbons (Fsp3) is 0.741. The maximum Gasteiger partial charge on any atom is 0.249 e. The summed E-state index contributed by atoms with van der Waals surface area (Å²) in [6.07, 6.45) is 5.26. The number of hydrogen-bond donors (Lipinski definition) is 1. The Hall–Kier alpha value is -1.71. The quantitative estimate of drug-likeness (QED) is 0.222. The predicted octanol–water partition coefficient (Wildman–Crippen LogP) is 2.74. The maximum absolute atomic E-state index is 14.2. The monoisotopic (exact) mass is 567 g/mol. The van der Waals surface area contributed by atoms with E-state index in [1.54, 1.807) is 26.9 Å². The minimum atomic E-state index is -1.08. The molecule has 1 N–H and O–H groups in total. The highest BCUT2D eigenvalue weighted by molar-refractivity contribution is 9.09. The minimum absolute atomic E-state index is 0.0104. The molecule has 0 aromatic carbocycles. The van der Waals surface area contributed by atoms with Gasteiger partial charge in [0, 0.05) is 43.2 Å². The number of fused-ring (bicyclic) bond motifs is 1. The highest BCUT2D eigenvalue weighted by Crippen LogP contribution is 2.60. The van der Waals surface area contributed by atoms with E-state index in [1.165, 1.54) is 0 Å². The van der Waals surface area contributed by atoms with Crippen molar-refractivity contribution in [2.45, 2.75) is 81.5 Å². The number of hydrogen-bond acceptors (Lipinski definition) is 5. The third-order valence-electron chi connectivity index (χ3n) is 7.66. The number of halogens is 1. The van der Waals surface area contributed by atoms with Gasteiger partial charge in [0.05, 0.1) is 17.9 Å². The topological polar surface area (TPSA) is 90.4 Å². The number of alkyl halides is 1. The van der Waals surface area contributed by atoms with Gasteiger partial charge < -0.3 is 24.5 Å². The van der Waals surface area contributed by atoms with Gasteiger partial charge >= 0.3 is 0 Å². The first kappa shape index (κ1) is 28.9. The number of aliphatic hydroxyl groups is 1. The third kappa shape index (κ3) is 4.90. The maximum atomic E-state index is 14.2. The van der Waals surface area contributed by atoms with E-state index in [9.17, 15) is 19.5 Å². The van der Waals surface area contributed by atoms with Gasteiger partial charge in [-0.1, -0.05) is 35.0 Å². The van der Waals surface area contributed by atoms with Gasteiger partial charge in [0.1, 0.15) is 11.6 Å². The number of carbonyl (C=O) groups excluding carboxylic acids is 3. The number of carbonyl (C=O) groups is 3. The lowest BCUT2D eigenvalue weighted by Gasteiger charge is -2.42. The van der Waals surface area contributed by atoms with E-state index in [4.69, 9.17) is 4.74 Å². The number of rotatable bonds is 12. The van der Waals surface area contributed by atoms with E-state index in [0.717, 1.165) is 6.42 Å². The summed E-state index contributed by atoms with van der Waals surface area (Å²) in [4.78, 5) is 47.1. The molecule has 3 unspecified atom stereocenters. The molecule has 3 rings (SSSR count). The van der Waals surface area contributed by atoms with Crippen molar-refractivity contribution >= 4 is 33.7 Å². The van der Waals surface area contributed by atoms with Crippen LogP contribution >= 0.6 is 15.9 Å². The van der Waals surface area contributed by atoms with Crippen LogP contribution in [0.25, 0.3) is 0 Å². The molecular weight excluding hydrogens is 526 g/mol. The number of likely N-dealkylation sites (tertiary alicyclic amines) is 1. The highest BCUT2D eigenvalue weighted by atomic mass is 79.9. The van der Waals surface area contributed by atoms with Crippen LogP contribution in [0.5, 0.6) is 0 Å². The molecule has 0 aromatic heterocycles. The van der Waals surface area contributed by atoms with Crippen LogP contribution in [0.15, 0.2) is 25.3 Å². The van der Waals surface area contributed by atoms with Crippen molar-refractivity contribution in [3.8, 4) is 0 Å². The SMILES string of the molecule is C=CCN(CCC)C(=O)[C@H]1[C@H]2C(=O)N(CCCCO)C(C(=O)N(CC=C)C(C)(C)C)C23CC(Br)[C@@H]1O3. The summed E-state index contributed by atoms with van der Waals surface area (Å²) in [6, 6.07) is -0.838. The van der Waals surface area contributed by atoms with Gasteiger partial charge in [0.2, 0.25) is 17.7 Å². The van der Waals surface area contributed by atoms with E-state index < -0.39 is 35.1 Å². The minimum Gasteiger partial charge on any atom is -0.396 e. The molecule has 8 nitrogen and oxygen atoms in total. The molecule has 3 saturated heterocycles. The second-order valence-electron chi connectivity index (χ2n) is 11.1. The van der Waals surface area contributed by atoms with Crippen molar-refractivity contribution < 1.29 is 24.2 Å². The van der Waals surface area contributed by atoms with E-state index >= 15 is 0 Å². The molecule has 2 bridgehead atoms. The van der Waals surface area contributed by atoms with E-state index in [0.29, 0.717) is 45.4 Å². The lowest BCUT2D eigenvalue weighted by Crippen LogP contribution is -2.60. The van der Waals surface area contributed by atoms with Crippen LogP contribution in [0, 0.1) is 11.8 Å². The van der Waals surface area contributed by atoms with Crippen LogP contribution in [0.1, 0.15) is 53.4 Å². The summed E-state index contributed by atoms with van der Waals surface area (Å²) < 4.78 is 6.61. The van der Waals surface area contributed by atoms with Crippen molar-refractivity contribution in [3.05, 3.63) is 25.3 Å². The zero-order chi connectivity index (χ0) is 26.8. The summed E-state index contributed by atoms with van der Waals surface area (Å²) in [5.41, 5.74) is -1.58. The zero-order valence-corrected chi connectivity index (χ0v) is 23.7. The van der Waals surface area contributed by atoms with Gasteiger partial charge in [-0.2, -0.15) is 0 Å². The number of aliphatic hydroxyl groups excluding tert-OH is 1. The van der Waals surface area contributed by atoms with E-state index in [-0.39, 0.29) is 29.2 Å². The molecule has 0 aliphatic carbocycles. The average Bonchev–Trinajstić information content (AvgIpc) is 3.39. The van der Waals surface area contributed by atoms with Crippen molar-refractivity contribution in [2.75, 3.05) is 32.8 Å². The Labute approximate surface area is 223 Å². The second kappa shape index (κ2) is 11.4. The Bertz CT molecular complexity index is 874. The molecule has 3 fully saturated rings. The van der Waals surface area contributed by atoms with Crippen LogP contribution in [0.4, 0.5) is 0 Å². The van der Waals surface area contributed by atoms with Gasteiger partial charge in [-0.3, -0.25) is 14.4 Å². The first-order chi connectivity index (χ1) is 17.0. The summed E-state index contributed by atoms with van der Waals surface area (Å²) in [6.45, 7) is 17.2.